The first-order chi connectivity index (χ1) is 12.0. The zero-order chi connectivity index (χ0) is 17.7. The van der Waals surface area contributed by atoms with Crippen LogP contribution in [0.2, 0.25) is 0 Å². The number of amides is 1. The molecule has 0 bridgehead atoms. The van der Waals surface area contributed by atoms with Gasteiger partial charge in [-0.15, -0.1) is 0 Å². The maximum Gasteiger partial charge on any atom is 0.326 e. The molecule has 1 saturated carbocycles. The highest BCUT2D eigenvalue weighted by Gasteiger charge is 2.48. The summed E-state index contributed by atoms with van der Waals surface area (Å²) in [6.07, 6.45) is 4.62. The summed E-state index contributed by atoms with van der Waals surface area (Å²) in [5.41, 5.74) is 2.49. The van der Waals surface area contributed by atoms with Crippen molar-refractivity contribution in [1.82, 2.24) is 20.1 Å². The van der Waals surface area contributed by atoms with Gasteiger partial charge >= 0.3 is 5.97 Å². The molecule has 2 N–H and O–H groups in total. The Morgan fingerprint density at radius 2 is 2.04 bits per heavy atom. The molecule has 0 aromatic carbocycles. The van der Waals surface area contributed by atoms with E-state index in [1.807, 2.05) is 13.8 Å². The molecule has 2 aliphatic rings. The quantitative estimate of drug-likeness (QED) is 0.873. The number of carbonyl (C=O) groups excluding carboxylic acids is 1. The number of aromatic amines is 1. The summed E-state index contributed by atoms with van der Waals surface area (Å²) in [5, 5.41) is 17.4. The van der Waals surface area contributed by atoms with Gasteiger partial charge in [-0.2, -0.15) is 5.10 Å². The van der Waals surface area contributed by atoms with Gasteiger partial charge in [0.25, 0.3) is 5.91 Å². The molecular weight excluding hydrogens is 320 g/mol. The summed E-state index contributed by atoms with van der Waals surface area (Å²) in [4.78, 5) is 31.2. The summed E-state index contributed by atoms with van der Waals surface area (Å²) in [6, 6.07) is 1.04. The van der Waals surface area contributed by atoms with Crippen molar-refractivity contribution in [1.29, 1.82) is 0 Å². The highest BCUT2D eigenvalue weighted by atomic mass is 16.4. The van der Waals surface area contributed by atoms with Crippen LogP contribution in [0.3, 0.4) is 0 Å². The summed E-state index contributed by atoms with van der Waals surface area (Å²) < 4.78 is 0. The van der Waals surface area contributed by atoms with Gasteiger partial charge < -0.3 is 10.0 Å². The zero-order valence-electron chi connectivity index (χ0n) is 14.5. The van der Waals surface area contributed by atoms with Gasteiger partial charge in [0, 0.05) is 17.4 Å². The fraction of sp³-hybridized carbons (Fsp3) is 0.556. The van der Waals surface area contributed by atoms with E-state index in [2.05, 4.69) is 15.2 Å². The van der Waals surface area contributed by atoms with Crippen LogP contribution in [0.5, 0.6) is 0 Å². The molecule has 0 spiro atoms. The molecule has 1 aliphatic carbocycles. The number of H-pyrrole nitrogens is 1. The predicted molar refractivity (Wildman–Crippen MR) is 91.3 cm³/mol. The molecule has 2 aromatic rings. The smallest absolute Gasteiger partial charge is 0.326 e. The van der Waals surface area contributed by atoms with Gasteiger partial charge in [0.15, 0.2) is 5.65 Å². The molecule has 132 valence electrons. The molecule has 1 saturated heterocycles. The Bertz CT molecular complexity index is 859. The van der Waals surface area contributed by atoms with Crippen LogP contribution in [-0.2, 0) is 4.79 Å². The van der Waals surface area contributed by atoms with E-state index in [-0.39, 0.29) is 11.9 Å². The zero-order valence-corrected chi connectivity index (χ0v) is 14.5. The van der Waals surface area contributed by atoms with Crippen molar-refractivity contribution in [3.05, 3.63) is 23.0 Å². The summed E-state index contributed by atoms with van der Waals surface area (Å²) in [5.74, 6) is -0.821. The van der Waals surface area contributed by atoms with E-state index < -0.39 is 12.0 Å². The first kappa shape index (κ1) is 16.1. The normalized spacial score (nSPS) is 26.0. The number of nitrogens with one attached hydrogen (secondary N) is 1. The Kier molecular flexibility index (Phi) is 3.74. The highest BCUT2D eigenvalue weighted by molar-refractivity contribution is 6.07. The Labute approximate surface area is 145 Å². The number of carbonyl (C=O) groups is 2. The predicted octanol–water partition coefficient (Wildman–Crippen LogP) is 2.43. The third kappa shape index (κ3) is 2.49. The molecule has 25 heavy (non-hydrogen) atoms. The minimum absolute atomic E-state index is 0.0260. The molecule has 3 unspecified atom stereocenters. The van der Waals surface area contributed by atoms with E-state index in [4.69, 9.17) is 0 Å². The van der Waals surface area contributed by atoms with Crippen LogP contribution in [0.25, 0.3) is 11.0 Å². The SMILES string of the molecule is Cc1cc(C(=O)N2C(C(=O)O)CC3CCCCC32)c2c(C)[nH]nc2n1. The number of likely N-dealkylation sites (tertiary alicyclic amines) is 1. The third-order valence-electron chi connectivity index (χ3n) is 5.67. The largest absolute Gasteiger partial charge is 0.480 e. The Hall–Kier alpha value is -2.44. The van der Waals surface area contributed by atoms with E-state index in [0.717, 1.165) is 31.4 Å². The maximum absolute atomic E-state index is 13.4. The first-order valence-electron chi connectivity index (χ1n) is 8.85. The van der Waals surface area contributed by atoms with E-state index in [1.54, 1.807) is 11.0 Å². The maximum atomic E-state index is 13.4. The topological polar surface area (TPSA) is 99.2 Å². The number of rotatable bonds is 2. The van der Waals surface area contributed by atoms with Crippen molar-refractivity contribution in [3.63, 3.8) is 0 Å². The number of carboxylic acids is 1. The van der Waals surface area contributed by atoms with Crippen LogP contribution in [-0.4, -0.2) is 49.1 Å². The summed E-state index contributed by atoms with van der Waals surface area (Å²) in [6.45, 7) is 3.67. The minimum atomic E-state index is -0.909. The fourth-order valence-electron chi connectivity index (χ4n) is 4.58. The minimum Gasteiger partial charge on any atom is -0.480 e. The van der Waals surface area contributed by atoms with Crippen molar-refractivity contribution in [2.45, 2.75) is 58.0 Å². The summed E-state index contributed by atoms with van der Waals surface area (Å²) in [7, 11) is 0. The monoisotopic (exact) mass is 342 g/mol. The van der Waals surface area contributed by atoms with Gasteiger partial charge in [0.2, 0.25) is 0 Å². The van der Waals surface area contributed by atoms with Crippen LogP contribution in [0.4, 0.5) is 0 Å². The molecule has 7 nitrogen and oxygen atoms in total. The fourth-order valence-corrected chi connectivity index (χ4v) is 4.58. The lowest BCUT2D eigenvalue weighted by molar-refractivity contribution is -0.141. The number of aliphatic carboxylic acids is 1. The first-order valence-corrected chi connectivity index (χ1v) is 8.85. The average Bonchev–Trinajstić information content (AvgIpc) is 3.14. The molecule has 1 aliphatic heterocycles. The van der Waals surface area contributed by atoms with Gasteiger partial charge in [0.1, 0.15) is 6.04 Å². The second kappa shape index (κ2) is 5.82. The lowest BCUT2D eigenvalue weighted by atomic mass is 9.84. The van der Waals surface area contributed by atoms with Crippen molar-refractivity contribution >= 4 is 22.9 Å². The van der Waals surface area contributed by atoms with Gasteiger partial charge in [-0.3, -0.25) is 9.89 Å². The molecule has 4 rings (SSSR count). The molecule has 0 radical (unpaired) electrons. The molecule has 2 fully saturated rings. The van der Waals surface area contributed by atoms with E-state index in [9.17, 15) is 14.7 Å². The number of aryl methyl sites for hydroxylation is 2. The van der Waals surface area contributed by atoms with Crippen LogP contribution in [0.1, 0.15) is 53.8 Å². The lowest BCUT2D eigenvalue weighted by Gasteiger charge is -2.33. The number of fused-ring (bicyclic) bond motifs is 2. The molecule has 3 atom stereocenters. The van der Waals surface area contributed by atoms with E-state index in [1.165, 1.54) is 0 Å². The summed E-state index contributed by atoms with van der Waals surface area (Å²) >= 11 is 0. The molecule has 3 heterocycles. The number of nitrogens with zero attached hydrogens (tertiary/aromatic N) is 3. The molecular formula is C18H22N4O3. The Balaban J connectivity index is 1.81. The number of aromatic nitrogens is 3. The molecule has 2 aromatic heterocycles. The average molecular weight is 342 g/mol. The van der Waals surface area contributed by atoms with Crippen LogP contribution < -0.4 is 0 Å². The van der Waals surface area contributed by atoms with Crippen LogP contribution in [0.15, 0.2) is 6.07 Å². The van der Waals surface area contributed by atoms with Crippen molar-refractivity contribution < 1.29 is 14.7 Å². The Morgan fingerprint density at radius 1 is 1.28 bits per heavy atom. The van der Waals surface area contributed by atoms with Gasteiger partial charge in [-0.1, -0.05) is 12.8 Å². The van der Waals surface area contributed by atoms with Crippen molar-refractivity contribution in [2.75, 3.05) is 0 Å². The standard InChI is InChI=1S/C18H22N4O3/c1-9-7-12(15-10(2)20-21-16(15)19-9)17(23)22-13-6-4-3-5-11(13)8-14(22)18(24)25/h7,11,13-14H,3-6,8H2,1-2H3,(H,24,25)(H,19,20,21). The number of pyridine rings is 1. The molecule has 7 heteroatoms. The second-order valence-corrected chi connectivity index (χ2v) is 7.27. The lowest BCUT2D eigenvalue weighted by Crippen LogP contribution is -2.46. The third-order valence-corrected chi connectivity index (χ3v) is 5.67. The number of hydrogen-bond acceptors (Lipinski definition) is 4. The Morgan fingerprint density at radius 3 is 2.80 bits per heavy atom. The van der Waals surface area contributed by atoms with Crippen molar-refractivity contribution in [3.8, 4) is 0 Å². The van der Waals surface area contributed by atoms with E-state index in [0.29, 0.717) is 34.6 Å². The van der Waals surface area contributed by atoms with Gasteiger partial charge in [-0.05, 0) is 45.1 Å². The van der Waals surface area contributed by atoms with Crippen molar-refractivity contribution in [2.24, 2.45) is 5.92 Å². The van der Waals surface area contributed by atoms with Gasteiger partial charge in [0.05, 0.1) is 10.9 Å². The molecule has 1 amide bonds. The second-order valence-electron chi connectivity index (χ2n) is 7.27. The van der Waals surface area contributed by atoms with Crippen LogP contribution >= 0.6 is 0 Å². The number of carboxylic acid groups (broad SMARTS) is 1. The van der Waals surface area contributed by atoms with E-state index >= 15 is 0 Å². The van der Waals surface area contributed by atoms with Crippen LogP contribution in [0, 0.1) is 19.8 Å². The number of hydrogen-bond donors (Lipinski definition) is 2. The van der Waals surface area contributed by atoms with Gasteiger partial charge in [-0.25, -0.2) is 9.78 Å². The highest BCUT2D eigenvalue weighted by Crippen LogP contribution is 2.41.